The van der Waals surface area contributed by atoms with Gasteiger partial charge in [0, 0.05) is 56.6 Å². The Morgan fingerprint density at radius 1 is 0.931 bits per heavy atom. The number of hydrogen-bond donors (Lipinski definition) is 2. The molecule has 0 aliphatic carbocycles. The van der Waals surface area contributed by atoms with Gasteiger partial charge in [-0.2, -0.15) is 0 Å². The Morgan fingerprint density at radius 3 is 2.52 bits per heavy atom. The molecule has 0 spiro atoms. The van der Waals surface area contributed by atoms with Crippen LogP contribution in [0.5, 0.6) is 0 Å². The molecule has 0 unspecified atom stereocenters. The van der Waals surface area contributed by atoms with Crippen LogP contribution in [0.3, 0.4) is 0 Å². The zero-order chi connectivity index (χ0) is 20.3. The number of rotatable bonds is 7. The predicted molar refractivity (Wildman–Crippen MR) is 118 cm³/mol. The summed E-state index contributed by atoms with van der Waals surface area (Å²) in [6, 6.07) is 13.6. The zero-order valence-electron chi connectivity index (χ0n) is 17.9. The molecule has 4 rings (SSSR count). The lowest BCUT2D eigenvalue weighted by atomic mass is 9.73. The number of piperazine rings is 1. The van der Waals surface area contributed by atoms with Gasteiger partial charge >= 0.3 is 0 Å². The molecule has 156 valence electrons. The van der Waals surface area contributed by atoms with Gasteiger partial charge in [0.25, 0.3) is 0 Å². The fraction of sp³-hybridized carbons (Fsp3) is 0.500. The Balaban J connectivity index is 1.53. The second-order valence-electron chi connectivity index (χ2n) is 8.58. The van der Waals surface area contributed by atoms with Gasteiger partial charge in [0.05, 0.1) is 19.8 Å². The molecule has 2 aliphatic heterocycles. The maximum Gasteiger partial charge on any atom is 0.0718 e. The lowest BCUT2D eigenvalue weighted by molar-refractivity contribution is 0.0617. The number of methoxy groups -OCH3 is 1. The maximum absolute atomic E-state index is 5.70. The van der Waals surface area contributed by atoms with E-state index in [2.05, 4.69) is 65.8 Å². The highest BCUT2D eigenvalue weighted by molar-refractivity contribution is 5.76. The summed E-state index contributed by atoms with van der Waals surface area (Å²) in [4.78, 5) is 2.53. The van der Waals surface area contributed by atoms with Crippen molar-refractivity contribution < 1.29 is 9.47 Å². The lowest BCUT2D eigenvalue weighted by Crippen LogP contribution is -2.42. The molecular weight excluding hydrogens is 362 g/mol. The van der Waals surface area contributed by atoms with Gasteiger partial charge in [-0.15, -0.1) is 0 Å². The number of hydrogen-bond acceptors (Lipinski definition) is 5. The van der Waals surface area contributed by atoms with Crippen LogP contribution >= 0.6 is 0 Å². The smallest absolute Gasteiger partial charge is 0.0718 e. The molecule has 0 aromatic heterocycles. The standard InChI is InChI=1S/C24H33N3O2/c1-24(2)20-6-4-19(17-29-13-12-28-3)15-23(20)26-22-7-5-18(14-21(22)24)16-27-10-8-25-9-11-27/h4-7,14-15,25-26H,8-13,16-17H2,1-3H3. The molecule has 5 nitrogen and oxygen atoms in total. The number of fused-ring (bicyclic) bond motifs is 2. The fourth-order valence-corrected chi connectivity index (χ4v) is 4.40. The number of ether oxygens (including phenoxy) is 2. The first-order chi connectivity index (χ1) is 14.1. The molecule has 2 aromatic rings. The van der Waals surface area contributed by atoms with E-state index in [4.69, 9.17) is 9.47 Å². The van der Waals surface area contributed by atoms with Crippen molar-refractivity contribution in [2.24, 2.45) is 0 Å². The SMILES string of the molecule is COCCOCc1ccc2c(c1)Nc1ccc(CN3CCNCC3)cc1C2(C)C. The summed E-state index contributed by atoms with van der Waals surface area (Å²) in [5.41, 5.74) is 7.65. The molecule has 0 amide bonds. The summed E-state index contributed by atoms with van der Waals surface area (Å²) in [6.45, 7) is 11.9. The first-order valence-electron chi connectivity index (χ1n) is 10.6. The number of benzene rings is 2. The highest BCUT2D eigenvalue weighted by Crippen LogP contribution is 2.45. The van der Waals surface area contributed by atoms with Crippen molar-refractivity contribution in [1.29, 1.82) is 0 Å². The molecule has 1 saturated heterocycles. The van der Waals surface area contributed by atoms with E-state index in [9.17, 15) is 0 Å². The van der Waals surface area contributed by atoms with Crippen molar-refractivity contribution in [1.82, 2.24) is 10.2 Å². The average Bonchev–Trinajstić information content (AvgIpc) is 2.72. The van der Waals surface area contributed by atoms with Gasteiger partial charge in [-0.05, 0) is 34.4 Å². The second-order valence-corrected chi connectivity index (χ2v) is 8.58. The molecular formula is C24H33N3O2. The van der Waals surface area contributed by atoms with Crippen molar-refractivity contribution in [2.45, 2.75) is 32.4 Å². The predicted octanol–water partition coefficient (Wildman–Crippen LogP) is 3.64. The molecule has 1 fully saturated rings. The molecule has 0 radical (unpaired) electrons. The monoisotopic (exact) mass is 395 g/mol. The van der Waals surface area contributed by atoms with Crippen LogP contribution in [0.4, 0.5) is 11.4 Å². The van der Waals surface area contributed by atoms with Crippen molar-refractivity contribution in [3.05, 3.63) is 58.7 Å². The molecule has 2 N–H and O–H groups in total. The lowest BCUT2D eigenvalue weighted by Gasteiger charge is -2.36. The van der Waals surface area contributed by atoms with E-state index >= 15 is 0 Å². The van der Waals surface area contributed by atoms with Gasteiger partial charge < -0.3 is 20.1 Å². The summed E-state index contributed by atoms with van der Waals surface area (Å²) in [5, 5.41) is 7.10. The van der Waals surface area contributed by atoms with Gasteiger partial charge in [0.15, 0.2) is 0 Å². The van der Waals surface area contributed by atoms with Gasteiger partial charge in [0.2, 0.25) is 0 Å². The van der Waals surface area contributed by atoms with E-state index in [1.165, 1.54) is 33.6 Å². The van der Waals surface area contributed by atoms with Crippen molar-refractivity contribution >= 4 is 11.4 Å². The second kappa shape index (κ2) is 8.84. The van der Waals surface area contributed by atoms with Crippen LogP contribution in [0.1, 0.15) is 36.1 Å². The van der Waals surface area contributed by atoms with E-state index in [0.29, 0.717) is 19.8 Å². The van der Waals surface area contributed by atoms with Crippen LogP contribution in [0, 0.1) is 0 Å². The third-order valence-electron chi connectivity index (χ3n) is 6.10. The minimum Gasteiger partial charge on any atom is -0.382 e. The highest BCUT2D eigenvalue weighted by Gasteiger charge is 2.33. The first-order valence-corrected chi connectivity index (χ1v) is 10.6. The molecule has 0 bridgehead atoms. The van der Waals surface area contributed by atoms with Crippen LogP contribution in [0.25, 0.3) is 0 Å². The van der Waals surface area contributed by atoms with E-state index in [0.717, 1.165) is 32.7 Å². The summed E-state index contributed by atoms with van der Waals surface area (Å²) in [7, 11) is 1.70. The Kier molecular flexibility index (Phi) is 6.20. The first kappa shape index (κ1) is 20.4. The minimum atomic E-state index is -0.0369. The average molecular weight is 396 g/mol. The topological polar surface area (TPSA) is 45.8 Å². The van der Waals surface area contributed by atoms with Crippen molar-refractivity contribution in [3.63, 3.8) is 0 Å². The van der Waals surface area contributed by atoms with E-state index in [-0.39, 0.29) is 5.41 Å². The molecule has 5 heteroatoms. The third-order valence-corrected chi connectivity index (χ3v) is 6.10. The molecule has 29 heavy (non-hydrogen) atoms. The Hall–Kier alpha value is -1.92. The number of nitrogens with one attached hydrogen (secondary N) is 2. The molecule has 2 aliphatic rings. The Morgan fingerprint density at radius 2 is 1.72 bits per heavy atom. The van der Waals surface area contributed by atoms with E-state index in [1.54, 1.807) is 7.11 Å². The molecule has 0 saturated carbocycles. The molecule has 2 aromatic carbocycles. The summed E-state index contributed by atoms with van der Waals surface area (Å²) in [5.74, 6) is 0. The van der Waals surface area contributed by atoms with Crippen molar-refractivity contribution in [2.75, 3.05) is 51.8 Å². The molecule has 0 atom stereocenters. The van der Waals surface area contributed by atoms with Gasteiger partial charge in [0.1, 0.15) is 0 Å². The van der Waals surface area contributed by atoms with Crippen LogP contribution in [-0.2, 0) is 28.0 Å². The van der Waals surface area contributed by atoms with Crippen molar-refractivity contribution in [3.8, 4) is 0 Å². The summed E-state index contributed by atoms with van der Waals surface area (Å²) in [6.07, 6.45) is 0. The maximum atomic E-state index is 5.70. The number of nitrogens with zero attached hydrogens (tertiary/aromatic N) is 1. The zero-order valence-corrected chi connectivity index (χ0v) is 17.9. The largest absolute Gasteiger partial charge is 0.382 e. The number of anilines is 2. The highest BCUT2D eigenvalue weighted by atomic mass is 16.5. The van der Waals surface area contributed by atoms with Gasteiger partial charge in [-0.25, -0.2) is 0 Å². The quantitative estimate of drug-likeness (QED) is 0.701. The Labute approximate surface area is 174 Å². The van der Waals surface area contributed by atoms with Crippen LogP contribution in [-0.4, -0.2) is 51.4 Å². The summed E-state index contributed by atoms with van der Waals surface area (Å²) < 4.78 is 10.7. The third kappa shape index (κ3) is 4.48. The van der Waals surface area contributed by atoms with Crippen LogP contribution in [0.2, 0.25) is 0 Å². The van der Waals surface area contributed by atoms with Gasteiger partial charge in [-0.3, -0.25) is 4.90 Å². The van der Waals surface area contributed by atoms with E-state index in [1.807, 2.05) is 0 Å². The van der Waals surface area contributed by atoms with E-state index < -0.39 is 0 Å². The normalized spacial score (nSPS) is 18.0. The van der Waals surface area contributed by atoms with Gasteiger partial charge in [-0.1, -0.05) is 38.1 Å². The fourth-order valence-electron chi connectivity index (χ4n) is 4.40. The van der Waals surface area contributed by atoms with Crippen LogP contribution in [0.15, 0.2) is 36.4 Å². The minimum absolute atomic E-state index is 0.0369. The van der Waals surface area contributed by atoms with Crippen LogP contribution < -0.4 is 10.6 Å². The summed E-state index contributed by atoms with van der Waals surface area (Å²) >= 11 is 0. The Bertz CT molecular complexity index is 844. The molecule has 2 heterocycles.